The third kappa shape index (κ3) is 10.5. The molecule has 1 aliphatic rings. The summed E-state index contributed by atoms with van der Waals surface area (Å²) in [5, 5.41) is 9.57. The number of unbranched alkanes of at least 4 members (excludes halogenated alkanes) is 5. The molecule has 3 aromatic rings. The van der Waals surface area contributed by atoms with Gasteiger partial charge in [-0.15, -0.1) is 0 Å². The lowest BCUT2D eigenvalue weighted by atomic mass is 10.1. The Morgan fingerprint density at radius 3 is 2.33 bits per heavy atom. The average Bonchev–Trinajstić information content (AvgIpc) is 3.01. The number of anilines is 2. The lowest BCUT2D eigenvalue weighted by molar-refractivity contribution is -0.108. The molecule has 1 saturated heterocycles. The first-order valence-corrected chi connectivity index (χ1v) is 14.3. The Hall–Kier alpha value is -3.56. The Bertz CT molecular complexity index is 1190. The second-order valence-corrected chi connectivity index (χ2v) is 9.68. The minimum Gasteiger partial charge on any atom is -0.400 e. The molecule has 0 bridgehead atoms. The number of carbonyl (C=O) groups excluding carboxylic acids is 2. The van der Waals surface area contributed by atoms with Gasteiger partial charge in [-0.3, -0.25) is 14.6 Å². The number of nitrogens with zero attached hydrogens (tertiary/aromatic N) is 4. The van der Waals surface area contributed by atoms with Gasteiger partial charge < -0.3 is 30.0 Å². The molecule has 40 heavy (non-hydrogen) atoms. The van der Waals surface area contributed by atoms with Crippen molar-refractivity contribution in [2.45, 2.75) is 64.3 Å². The van der Waals surface area contributed by atoms with E-state index in [1.54, 1.807) is 17.2 Å². The Morgan fingerprint density at radius 2 is 1.62 bits per heavy atom. The van der Waals surface area contributed by atoms with E-state index in [1.807, 2.05) is 12.4 Å². The number of hydrogen-bond acceptors (Lipinski definition) is 7. The summed E-state index contributed by atoms with van der Waals surface area (Å²) in [6.07, 6.45) is 17.4. The number of amides is 1. The first-order chi connectivity index (χ1) is 19.7. The predicted octanol–water partition coefficient (Wildman–Crippen LogP) is 4.14. The van der Waals surface area contributed by atoms with E-state index in [-0.39, 0.29) is 12.1 Å². The van der Waals surface area contributed by atoms with Gasteiger partial charge in [-0.2, -0.15) is 0 Å². The number of aliphatic hydroxyl groups excluding tert-OH is 1. The smallest absolute Gasteiger partial charge is 0.251 e. The van der Waals surface area contributed by atoms with Crippen molar-refractivity contribution in [3.05, 3.63) is 65.3 Å². The van der Waals surface area contributed by atoms with Gasteiger partial charge in [0.2, 0.25) is 6.41 Å². The van der Waals surface area contributed by atoms with E-state index >= 15 is 0 Å². The van der Waals surface area contributed by atoms with Crippen LogP contribution in [0.4, 0.5) is 11.4 Å². The largest absolute Gasteiger partial charge is 0.400 e. The van der Waals surface area contributed by atoms with Gasteiger partial charge in [0.15, 0.2) is 0 Å². The highest BCUT2D eigenvalue weighted by Crippen LogP contribution is 2.27. The van der Waals surface area contributed by atoms with E-state index in [1.165, 1.54) is 65.9 Å². The molecule has 0 unspecified atom stereocenters. The maximum Gasteiger partial charge on any atom is 0.251 e. The first kappa shape index (κ1) is 32.7. The average molecular weight is 552 g/mol. The Kier molecular flexibility index (Phi) is 15.9. The predicted molar refractivity (Wildman–Crippen MR) is 163 cm³/mol. The minimum absolute atomic E-state index is 0.000509. The van der Waals surface area contributed by atoms with Gasteiger partial charge in [0.25, 0.3) is 5.56 Å². The number of benzene rings is 1. The lowest BCUT2D eigenvalue weighted by Gasteiger charge is -2.29. The molecule has 3 N–H and O–H groups in total. The summed E-state index contributed by atoms with van der Waals surface area (Å²) in [6, 6.07) is 11.5. The van der Waals surface area contributed by atoms with E-state index < -0.39 is 0 Å². The van der Waals surface area contributed by atoms with Crippen molar-refractivity contribution in [1.82, 2.24) is 9.55 Å². The van der Waals surface area contributed by atoms with Crippen molar-refractivity contribution in [2.24, 2.45) is 5.73 Å². The maximum absolute atomic E-state index is 11.5. The van der Waals surface area contributed by atoms with Crippen molar-refractivity contribution in [3.8, 4) is 0 Å². The minimum atomic E-state index is -0.249. The van der Waals surface area contributed by atoms with Crippen LogP contribution in [0, 0.1) is 0 Å². The van der Waals surface area contributed by atoms with E-state index in [0.717, 1.165) is 52.2 Å². The van der Waals surface area contributed by atoms with Crippen molar-refractivity contribution in [3.63, 3.8) is 0 Å². The molecule has 0 saturated carbocycles. The number of hydrogen-bond donors (Lipinski definition) is 2. The molecule has 3 heterocycles. The molecule has 9 nitrogen and oxygen atoms in total. The fraction of sp³-hybridized carbons (Fsp3) is 0.484. The number of aliphatic hydroxyl groups is 1. The van der Waals surface area contributed by atoms with E-state index in [2.05, 4.69) is 34.1 Å². The molecule has 1 fully saturated rings. The Morgan fingerprint density at radius 1 is 0.925 bits per heavy atom. The zero-order valence-corrected chi connectivity index (χ0v) is 23.8. The highest BCUT2D eigenvalue weighted by Gasteiger charge is 2.13. The van der Waals surface area contributed by atoms with Crippen LogP contribution in [0.5, 0.6) is 0 Å². The summed E-state index contributed by atoms with van der Waals surface area (Å²) in [5.41, 5.74) is 7.14. The summed E-state index contributed by atoms with van der Waals surface area (Å²) in [5.74, 6) is 0. The number of piperidine rings is 1. The Labute approximate surface area is 237 Å². The molecule has 0 radical (unpaired) electrons. The molecule has 218 valence electrons. The van der Waals surface area contributed by atoms with Gasteiger partial charge in [-0.05, 0) is 44.7 Å². The van der Waals surface area contributed by atoms with Crippen LogP contribution in [0.15, 0.2) is 59.8 Å². The van der Waals surface area contributed by atoms with Crippen molar-refractivity contribution >= 4 is 34.8 Å². The van der Waals surface area contributed by atoms with Crippen LogP contribution in [-0.4, -0.2) is 60.6 Å². The Balaban J connectivity index is 0.000000273. The van der Waals surface area contributed by atoms with E-state index in [9.17, 15) is 14.4 Å². The van der Waals surface area contributed by atoms with Gasteiger partial charge in [0.05, 0.1) is 24.1 Å². The number of carbonyl (C=O) groups is 2. The second-order valence-electron chi connectivity index (χ2n) is 9.68. The normalized spacial score (nSPS) is 12.5. The van der Waals surface area contributed by atoms with Crippen molar-refractivity contribution in [2.75, 3.05) is 43.1 Å². The van der Waals surface area contributed by atoms with Crippen molar-refractivity contribution < 1.29 is 14.7 Å². The van der Waals surface area contributed by atoms with Gasteiger partial charge in [0, 0.05) is 56.0 Å². The molecule has 1 aromatic carbocycles. The summed E-state index contributed by atoms with van der Waals surface area (Å²) in [7, 11) is 1.00. The molecule has 1 aliphatic heterocycles. The van der Waals surface area contributed by atoms with Gasteiger partial charge in [0.1, 0.15) is 6.29 Å². The second kappa shape index (κ2) is 19.5. The van der Waals surface area contributed by atoms with Gasteiger partial charge in [-0.25, -0.2) is 0 Å². The standard InChI is InChI=1S/C16H25N3O3.C14H16N2.CH4O/c17-9-5-3-1-2-4-6-10-19(14-21)15-7-8-16(22)18(13-15)11-12-20;1-4-8-16(9-5-1)14-11-15-10-12-6-2-3-7-13(12)14;1-2/h7-8,12-14H,1-6,9-11,17H2;2-3,6-7,10-11H,1,4-5,8-9H2;2H,1H3. The highest BCUT2D eigenvalue weighted by atomic mass is 16.2. The molecule has 0 aliphatic carbocycles. The highest BCUT2D eigenvalue weighted by molar-refractivity contribution is 5.93. The zero-order chi connectivity index (χ0) is 29.0. The van der Waals surface area contributed by atoms with Crippen LogP contribution in [-0.2, 0) is 16.1 Å². The zero-order valence-electron chi connectivity index (χ0n) is 23.8. The molecular formula is C31H45N5O4. The monoisotopic (exact) mass is 551 g/mol. The number of aromatic nitrogens is 2. The maximum atomic E-state index is 11.5. The van der Waals surface area contributed by atoms with Crippen LogP contribution < -0.4 is 21.1 Å². The van der Waals surface area contributed by atoms with Gasteiger partial charge in [-0.1, -0.05) is 49.9 Å². The number of fused-ring (bicyclic) bond motifs is 1. The van der Waals surface area contributed by atoms with Gasteiger partial charge >= 0.3 is 0 Å². The van der Waals surface area contributed by atoms with Crippen LogP contribution in [0.2, 0.25) is 0 Å². The first-order valence-electron chi connectivity index (χ1n) is 14.3. The fourth-order valence-corrected chi connectivity index (χ4v) is 4.78. The number of rotatable bonds is 13. The quantitative estimate of drug-likeness (QED) is 0.242. The topological polar surface area (TPSA) is 122 Å². The molecule has 2 aromatic heterocycles. The number of aldehydes is 1. The van der Waals surface area contributed by atoms with E-state index in [0.29, 0.717) is 18.5 Å². The summed E-state index contributed by atoms with van der Waals surface area (Å²) >= 11 is 0. The summed E-state index contributed by atoms with van der Waals surface area (Å²) in [6.45, 7) is 3.71. The molecule has 0 atom stereocenters. The summed E-state index contributed by atoms with van der Waals surface area (Å²) < 4.78 is 1.30. The molecule has 4 rings (SSSR count). The molecule has 1 amide bonds. The SMILES string of the molecule is CO.NCCCCCCCCN(C=O)c1ccc(=O)n(CC=O)c1.c1ccc2c(N3CCCCC3)cncc2c1. The van der Waals surface area contributed by atoms with Crippen LogP contribution in [0.1, 0.15) is 57.8 Å². The molecule has 0 spiro atoms. The molecule has 9 heteroatoms. The van der Waals surface area contributed by atoms with Crippen LogP contribution in [0.3, 0.4) is 0 Å². The van der Waals surface area contributed by atoms with E-state index in [4.69, 9.17) is 10.8 Å². The number of nitrogens with two attached hydrogens (primary N) is 1. The molecular weight excluding hydrogens is 506 g/mol. The fourth-order valence-electron chi connectivity index (χ4n) is 4.78. The third-order valence-corrected chi connectivity index (χ3v) is 6.90. The number of pyridine rings is 2. The van der Waals surface area contributed by atoms with Crippen molar-refractivity contribution in [1.29, 1.82) is 0 Å². The lowest BCUT2D eigenvalue weighted by Crippen LogP contribution is -2.29. The van der Waals surface area contributed by atoms with Crippen LogP contribution in [0.25, 0.3) is 10.8 Å². The third-order valence-electron chi connectivity index (χ3n) is 6.90. The van der Waals surface area contributed by atoms with Crippen LogP contribution >= 0.6 is 0 Å². The summed E-state index contributed by atoms with van der Waals surface area (Å²) in [4.78, 5) is 41.7.